The monoisotopic (exact) mass is 189 g/mol. The molecule has 1 aliphatic rings. The predicted octanol–water partition coefficient (Wildman–Crippen LogP) is 2.98. The normalized spacial score (nSPS) is 21.4. The topological polar surface area (TPSA) is 12.0 Å². The molecule has 1 saturated heterocycles. The lowest BCUT2D eigenvalue weighted by molar-refractivity contribution is 0.640. The molecule has 1 atom stereocenters. The van der Waals surface area contributed by atoms with Crippen molar-refractivity contribution in [3.05, 3.63) is 34.9 Å². The van der Waals surface area contributed by atoms with E-state index in [2.05, 4.69) is 37.4 Å². The summed E-state index contributed by atoms with van der Waals surface area (Å²) in [6.45, 7) is 5.65. The molecule has 0 bridgehead atoms. The molecule has 1 aliphatic heterocycles. The van der Waals surface area contributed by atoms with Crippen molar-refractivity contribution in [1.29, 1.82) is 0 Å². The fourth-order valence-corrected chi connectivity index (χ4v) is 2.48. The Morgan fingerprint density at radius 2 is 2.29 bits per heavy atom. The van der Waals surface area contributed by atoms with E-state index in [1.807, 2.05) is 0 Å². The maximum absolute atomic E-state index is 3.57. The van der Waals surface area contributed by atoms with Gasteiger partial charge in [-0.2, -0.15) is 0 Å². The van der Waals surface area contributed by atoms with Crippen LogP contribution in [0.2, 0.25) is 0 Å². The van der Waals surface area contributed by atoms with E-state index in [4.69, 9.17) is 0 Å². The molecule has 1 heterocycles. The highest BCUT2D eigenvalue weighted by molar-refractivity contribution is 5.36. The number of hydrogen-bond acceptors (Lipinski definition) is 1. The van der Waals surface area contributed by atoms with E-state index in [0.29, 0.717) is 6.04 Å². The molecule has 0 aliphatic carbocycles. The Kier molecular flexibility index (Phi) is 2.87. The minimum absolute atomic E-state index is 0.616. The molecule has 0 spiro atoms. The first-order valence-electron chi connectivity index (χ1n) is 5.64. The average Bonchev–Trinajstić information content (AvgIpc) is 2.70. The van der Waals surface area contributed by atoms with Gasteiger partial charge in [-0.3, -0.25) is 0 Å². The van der Waals surface area contributed by atoms with Gasteiger partial charge in [-0.15, -0.1) is 0 Å². The number of benzene rings is 1. The van der Waals surface area contributed by atoms with E-state index in [1.165, 1.54) is 30.5 Å². The van der Waals surface area contributed by atoms with Crippen LogP contribution in [-0.2, 0) is 6.42 Å². The highest BCUT2D eigenvalue weighted by atomic mass is 14.9. The zero-order valence-corrected chi connectivity index (χ0v) is 9.14. The quantitative estimate of drug-likeness (QED) is 0.754. The predicted molar refractivity (Wildman–Crippen MR) is 60.5 cm³/mol. The Balaban J connectivity index is 2.35. The Morgan fingerprint density at radius 3 is 2.93 bits per heavy atom. The van der Waals surface area contributed by atoms with Crippen LogP contribution in [0.1, 0.15) is 42.5 Å². The van der Waals surface area contributed by atoms with Gasteiger partial charge in [0.2, 0.25) is 0 Å². The summed E-state index contributed by atoms with van der Waals surface area (Å²) in [5.41, 5.74) is 4.52. The van der Waals surface area contributed by atoms with Crippen molar-refractivity contribution in [2.24, 2.45) is 0 Å². The molecule has 1 aromatic carbocycles. The van der Waals surface area contributed by atoms with Gasteiger partial charge in [0.05, 0.1) is 0 Å². The molecule has 2 rings (SSSR count). The SMILES string of the molecule is CCc1c(C)cccc1C1CCCN1. The van der Waals surface area contributed by atoms with Crippen LogP contribution in [0, 0.1) is 6.92 Å². The van der Waals surface area contributed by atoms with Crippen molar-refractivity contribution in [2.45, 2.75) is 39.2 Å². The van der Waals surface area contributed by atoms with Crippen LogP contribution in [0.15, 0.2) is 18.2 Å². The van der Waals surface area contributed by atoms with Gasteiger partial charge >= 0.3 is 0 Å². The third-order valence-electron chi connectivity index (χ3n) is 3.24. The van der Waals surface area contributed by atoms with E-state index in [0.717, 1.165) is 6.42 Å². The first kappa shape index (κ1) is 9.72. The van der Waals surface area contributed by atoms with Crippen molar-refractivity contribution in [2.75, 3.05) is 6.54 Å². The van der Waals surface area contributed by atoms with Crippen molar-refractivity contribution >= 4 is 0 Å². The lowest BCUT2D eigenvalue weighted by atomic mass is 9.94. The smallest absolute Gasteiger partial charge is 0.0323 e. The lowest BCUT2D eigenvalue weighted by Crippen LogP contribution is -2.15. The molecule has 1 unspecified atom stereocenters. The molecular formula is C13H19N. The molecule has 0 radical (unpaired) electrons. The van der Waals surface area contributed by atoms with Crippen molar-refractivity contribution in [3.63, 3.8) is 0 Å². The fraction of sp³-hybridized carbons (Fsp3) is 0.538. The summed E-state index contributed by atoms with van der Waals surface area (Å²) >= 11 is 0. The Bertz CT molecular complexity index is 311. The molecule has 0 saturated carbocycles. The van der Waals surface area contributed by atoms with Crippen molar-refractivity contribution in [3.8, 4) is 0 Å². The summed E-state index contributed by atoms with van der Waals surface area (Å²) in [4.78, 5) is 0. The van der Waals surface area contributed by atoms with Gasteiger partial charge in [0.1, 0.15) is 0 Å². The van der Waals surface area contributed by atoms with Gasteiger partial charge in [-0.25, -0.2) is 0 Å². The van der Waals surface area contributed by atoms with Gasteiger partial charge in [0, 0.05) is 6.04 Å². The van der Waals surface area contributed by atoms with Gasteiger partial charge in [0.25, 0.3) is 0 Å². The number of rotatable bonds is 2. The molecule has 76 valence electrons. The fourth-order valence-electron chi connectivity index (χ4n) is 2.48. The summed E-state index contributed by atoms with van der Waals surface area (Å²) < 4.78 is 0. The highest BCUT2D eigenvalue weighted by Gasteiger charge is 2.18. The van der Waals surface area contributed by atoms with Crippen LogP contribution in [0.3, 0.4) is 0 Å². The van der Waals surface area contributed by atoms with E-state index < -0.39 is 0 Å². The van der Waals surface area contributed by atoms with Gasteiger partial charge in [-0.05, 0) is 49.4 Å². The number of hydrogen-bond donors (Lipinski definition) is 1. The largest absolute Gasteiger partial charge is 0.310 e. The molecule has 0 amide bonds. The minimum Gasteiger partial charge on any atom is -0.310 e. The summed E-state index contributed by atoms with van der Waals surface area (Å²) in [6, 6.07) is 7.31. The first-order valence-corrected chi connectivity index (χ1v) is 5.64. The number of nitrogens with one attached hydrogen (secondary N) is 1. The van der Waals surface area contributed by atoms with E-state index in [1.54, 1.807) is 5.56 Å². The van der Waals surface area contributed by atoms with E-state index >= 15 is 0 Å². The molecular weight excluding hydrogens is 170 g/mol. The second-order valence-corrected chi connectivity index (χ2v) is 4.15. The standard InChI is InChI=1S/C13H19N/c1-3-11-10(2)6-4-7-12(11)13-8-5-9-14-13/h4,6-7,13-14H,3,5,8-9H2,1-2H3. The summed E-state index contributed by atoms with van der Waals surface area (Å²) in [5.74, 6) is 0. The molecule has 1 fully saturated rings. The Morgan fingerprint density at radius 1 is 1.43 bits per heavy atom. The summed E-state index contributed by atoms with van der Waals surface area (Å²) in [5, 5.41) is 3.57. The molecule has 1 aromatic rings. The van der Waals surface area contributed by atoms with Gasteiger partial charge in [0.15, 0.2) is 0 Å². The first-order chi connectivity index (χ1) is 6.83. The maximum Gasteiger partial charge on any atom is 0.0323 e. The maximum atomic E-state index is 3.57. The minimum atomic E-state index is 0.616. The molecule has 1 nitrogen and oxygen atoms in total. The van der Waals surface area contributed by atoms with Crippen LogP contribution in [0.25, 0.3) is 0 Å². The average molecular weight is 189 g/mol. The van der Waals surface area contributed by atoms with E-state index in [-0.39, 0.29) is 0 Å². The third kappa shape index (κ3) is 1.69. The van der Waals surface area contributed by atoms with Crippen LogP contribution in [-0.4, -0.2) is 6.54 Å². The second kappa shape index (κ2) is 4.14. The molecule has 1 heteroatoms. The van der Waals surface area contributed by atoms with Crippen LogP contribution >= 0.6 is 0 Å². The highest BCUT2D eigenvalue weighted by Crippen LogP contribution is 2.27. The van der Waals surface area contributed by atoms with Crippen LogP contribution < -0.4 is 5.32 Å². The zero-order chi connectivity index (χ0) is 9.97. The van der Waals surface area contributed by atoms with Crippen molar-refractivity contribution < 1.29 is 0 Å². The van der Waals surface area contributed by atoms with Crippen LogP contribution in [0.4, 0.5) is 0 Å². The van der Waals surface area contributed by atoms with Crippen LogP contribution in [0.5, 0.6) is 0 Å². The molecule has 0 aromatic heterocycles. The van der Waals surface area contributed by atoms with Gasteiger partial charge in [-0.1, -0.05) is 25.1 Å². The molecule has 1 N–H and O–H groups in total. The Labute approximate surface area is 86.5 Å². The third-order valence-corrected chi connectivity index (χ3v) is 3.24. The second-order valence-electron chi connectivity index (χ2n) is 4.15. The number of aryl methyl sites for hydroxylation is 1. The lowest BCUT2D eigenvalue weighted by Gasteiger charge is -2.16. The summed E-state index contributed by atoms with van der Waals surface area (Å²) in [6.07, 6.45) is 3.78. The Hall–Kier alpha value is -0.820. The summed E-state index contributed by atoms with van der Waals surface area (Å²) in [7, 11) is 0. The zero-order valence-electron chi connectivity index (χ0n) is 9.14. The van der Waals surface area contributed by atoms with Crippen molar-refractivity contribution in [1.82, 2.24) is 5.32 Å². The van der Waals surface area contributed by atoms with E-state index in [9.17, 15) is 0 Å². The molecule has 14 heavy (non-hydrogen) atoms. The van der Waals surface area contributed by atoms with Gasteiger partial charge < -0.3 is 5.32 Å².